The number of para-hydroxylation sites is 1. The first-order valence-corrected chi connectivity index (χ1v) is 10.3. The summed E-state index contributed by atoms with van der Waals surface area (Å²) in [4.78, 5) is 36.0. The molecule has 0 radical (unpaired) electrons. The van der Waals surface area contributed by atoms with Crippen molar-refractivity contribution in [1.82, 2.24) is 5.32 Å². The van der Waals surface area contributed by atoms with E-state index >= 15 is 0 Å². The molecule has 1 atom stereocenters. The summed E-state index contributed by atoms with van der Waals surface area (Å²) in [6.45, 7) is -0.534. The number of hydrazone groups is 1. The number of rotatable bonds is 5. The lowest BCUT2D eigenvalue weighted by atomic mass is 10.1. The number of sulfone groups is 1. The largest absolute Gasteiger partial charge is 0.451 e. The van der Waals surface area contributed by atoms with Crippen molar-refractivity contribution < 1.29 is 27.5 Å². The summed E-state index contributed by atoms with van der Waals surface area (Å²) in [7, 11) is -3.11. The lowest BCUT2D eigenvalue weighted by Gasteiger charge is -2.22. The molecule has 0 spiro atoms. The number of esters is 1. The smallest absolute Gasteiger partial charge is 0.355 e. The second-order valence-corrected chi connectivity index (χ2v) is 8.56. The van der Waals surface area contributed by atoms with Gasteiger partial charge in [0.2, 0.25) is 5.91 Å². The molecular formula is C17H19N3O6S. The fourth-order valence-corrected chi connectivity index (χ4v) is 4.54. The maximum Gasteiger partial charge on any atom is 0.355 e. The van der Waals surface area contributed by atoms with E-state index in [1.165, 1.54) is 0 Å². The van der Waals surface area contributed by atoms with Crippen LogP contribution in [0.4, 0.5) is 5.69 Å². The molecule has 2 amide bonds. The molecule has 1 fully saturated rings. The zero-order valence-corrected chi connectivity index (χ0v) is 15.3. The molecule has 2 aliphatic rings. The van der Waals surface area contributed by atoms with Gasteiger partial charge in [0, 0.05) is 18.9 Å². The van der Waals surface area contributed by atoms with Crippen molar-refractivity contribution >= 4 is 39.0 Å². The predicted molar refractivity (Wildman–Crippen MR) is 96.8 cm³/mol. The lowest BCUT2D eigenvalue weighted by molar-refractivity contribution is -0.142. The Hall–Kier alpha value is -2.75. The molecule has 0 saturated carbocycles. The molecule has 0 bridgehead atoms. The highest BCUT2D eigenvalue weighted by molar-refractivity contribution is 7.91. The number of hydrogen-bond donors (Lipinski definition) is 1. The van der Waals surface area contributed by atoms with E-state index in [1.54, 1.807) is 30.3 Å². The van der Waals surface area contributed by atoms with Gasteiger partial charge in [-0.15, -0.1) is 0 Å². The van der Waals surface area contributed by atoms with E-state index in [0.717, 1.165) is 5.01 Å². The topological polar surface area (TPSA) is 122 Å². The maximum absolute atomic E-state index is 12.2. The van der Waals surface area contributed by atoms with Crippen molar-refractivity contribution in [2.75, 3.05) is 23.1 Å². The zero-order chi connectivity index (χ0) is 19.4. The Bertz CT molecular complexity index is 881. The Labute approximate surface area is 156 Å². The second-order valence-electron chi connectivity index (χ2n) is 6.33. The Morgan fingerprint density at radius 1 is 1.22 bits per heavy atom. The van der Waals surface area contributed by atoms with E-state index in [0.29, 0.717) is 12.1 Å². The van der Waals surface area contributed by atoms with Gasteiger partial charge in [-0.3, -0.25) is 9.59 Å². The van der Waals surface area contributed by atoms with Gasteiger partial charge < -0.3 is 10.1 Å². The molecule has 10 heteroatoms. The molecule has 1 saturated heterocycles. The quantitative estimate of drug-likeness (QED) is 0.704. The number of benzene rings is 1. The van der Waals surface area contributed by atoms with Crippen LogP contribution in [0.5, 0.6) is 0 Å². The van der Waals surface area contributed by atoms with E-state index in [-0.39, 0.29) is 36.0 Å². The number of amides is 2. The van der Waals surface area contributed by atoms with Crippen LogP contribution in [0.25, 0.3) is 0 Å². The van der Waals surface area contributed by atoms with Gasteiger partial charge >= 0.3 is 5.97 Å². The third-order valence-corrected chi connectivity index (χ3v) is 5.97. The van der Waals surface area contributed by atoms with Crippen LogP contribution in [-0.4, -0.2) is 56.1 Å². The molecule has 2 heterocycles. The minimum atomic E-state index is -3.11. The molecule has 9 nitrogen and oxygen atoms in total. The van der Waals surface area contributed by atoms with E-state index in [9.17, 15) is 22.8 Å². The van der Waals surface area contributed by atoms with Gasteiger partial charge in [-0.1, -0.05) is 18.2 Å². The second kappa shape index (κ2) is 7.87. The molecule has 1 aromatic rings. The number of ether oxygens (including phenoxy) is 1. The van der Waals surface area contributed by atoms with Crippen LogP contribution >= 0.6 is 0 Å². The Morgan fingerprint density at radius 3 is 2.63 bits per heavy atom. The van der Waals surface area contributed by atoms with Gasteiger partial charge in [0.05, 0.1) is 17.2 Å². The molecule has 1 N–H and O–H groups in total. The molecule has 3 rings (SSSR count). The minimum absolute atomic E-state index is 0.0396. The van der Waals surface area contributed by atoms with Crippen molar-refractivity contribution in [2.45, 2.75) is 25.3 Å². The summed E-state index contributed by atoms with van der Waals surface area (Å²) in [5, 5.41) is 7.73. The summed E-state index contributed by atoms with van der Waals surface area (Å²) < 4.78 is 27.7. The lowest BCUT2D eigenvalue weighted by Crippen LogP contribution is -2.39. The summed E-state index contributed by atoms with van der Waals surface area (Å²) >= 11 is 0. The number of hydrogen-bond acceptors (Lipinski definition) is 7. The number of carbonyl (C=O) groups is 3. The van der Waals surface area contributed by atoms with E-state index in [1.807, 2.05) is 0 Å². The molecule has 0 aromatic heterocycles. The highest BCUT2D eigenvalue weighted by atomic mass is 32.2. The van der Waals surface area contributed by atoms with Crippen molar-refractivity contribution in [3.8, 4) is 0 Å². The highest BCUT2D eigenvalue weighted by Gasteiger charge is 2.30. The predicted octanol–water partition coefficient (Wildman–Crippen LogP) is 0.0159. The third kappa shape index (κ3) is 4.91. The molecule has 27 heavy (non-hydrogen) atoms. The molecule has 144 valence electrons. The molecule has 0 aliphatic carbocycles. The normalized spacial score (nSPS) is 21.5. The van der Waals surface area contributed by atoms with Crippen LogP contribution in [0.2, 0.25) is 0 Å². The molecular weight excluding hydrogens is 374 g/mol. The van der Waals surface area contributed by atoms with Crippen LogP contribution in [0.15, 0.2) is 35.4 Å². The van der Waals surface area contributed by atoms with E-state index in [2.05, 4.69) is 10.4 Å². The minimum Gasteiger partial charge on any atom is -0.451 e. The zero-order valence-electron chi connectivity index (χ0n) is 14.5. The van der Waals surface area contributed by atoms with Gasteiger partial charge in [-0.05, 0) is 18.6 Å². The monoisotopic (exact) mass is 393 g/mol. The van der Waals surface area contributed by atoms with Crippen LogP contribution in [0, 0.1) is 0 Å². The standard InChI is InChI=1S/C17H19N3O6S/c21-15(18-12-8-9-27(24,25)11-12)10-26-17(23)14-6-7-16(22)20(19-14)13-4-2-1-3-5-13/h1-5,12H,6-11H2,(H,18,21)/t12-/m1/s1. The van der Waals surface area contributed by atoms with Crippen molar-refractivity contribution in [3.63, 3.8) is 0 Å². The fourth-order valence-electron chi connectivity index (χ4n) is 2.86. The summed E-state index contributed by atoms with van der Waals surface area (Å²) in [6.07, 6.45) is 0.585. The van der Waals surface area contributed by atoms with Gasteiger partial charge in [0.1, 0.15) is 5.71 Å². The Kier molecular flexibility index (Phi) is 5.54. The summed E-state index contributed by atoms with van der Waals surface area (Å²) in [5.74, 6) is -1.65. The van der Waals surface area contributed by atoms with Gasteiger partial charge in [0.25, 0.3) is 5.91 Å². The first-order valence-electron chi connectivity index (χ1n) is 8.46. The number of carbonyl (C=O) groups excluding carboxylic acids is 3. The number of nitrogens with one attached hydrogen (secondary N) is 1. The first kappa shape index (κ1) is 19.0. The average molecular weight is 393 g/mol. The average Bonchev–Trinajstić information content (AvgIpc) is 2.99. The van der Waals surface area contributed by atoms with Crippen LogP contribution in [-0.2, 0) is 29.0 Å². The molecule has 0 unspecified atom stereocenters. The highest BCUT2D eigenvalue weighted by Crippen LogP contribution is 2.20. The van der Waals surface area contributed by atoms with Crippen molar-refractivity contribution in [3.05, 3.63) is 30.3 Å². The van der Waals surface area contributed by atoms with E-state index < -0.39 is 34.4 Å². The van der Waals surface area contributed by atoms with Crippen LogP contribution < -0.4 is 10.3 Å². The number of anilines is 1. The molecule has 2 aliphatic heterocycles. The van der Waals surface area contributed by atoms with Crippen LogP contribution in [0.3, 0.4) is 0 Å². The first-order chi connectivity index (χ1) is 12.8. The molecule has 1 aromatic carbocycles. The van der Waals surface area contributed by atoms with E-state index in [4.69, 9.17) is 4.74 Å². The van der Waals surface area contributed by atoms with Crippen LogP contribution in [0.1, 0.15) is 19.3 Å². The van der Waals surface area contributed by atoms with Crippen molar-refractivity contribution in [1.29, 1.82) is 0 Å². The van der Waals surface area contributed by atoms with Gasteiger partial charge in [0.15, 0.2) is 16.4 Å². The third-order valence-electron chi connectivity index (χ3n) is 4.20. The Morgan fingerprint density at radius 2 is 1.96 bits per heavy atom. The summed E-state index contributed by atoms with van der Waals surface area (Å²) in [6, 6.07) is 8.22. The maximum atomic E-state index is 12.2. The van der Waals surface area contributed by atoms with Crippen molar-refractivity contribution in [2.24, 2.45) is 5.10 Å². The van der Waals surface area contributed by atoms with Gasteiger partial charge in [-0.2, -0.15) is 5.10 Å². The SMILES string of the molecule is O=C(COC(=O)C1=NN(c2ccccc2)C(=O)CC1)N[C@@H]1CCS(=O)(=O)C1. The summed E-state index contributed by atoms with van der Waals surface area (Å²) in [5.41, 5.74) is 0.586. The number of nitrogens with zero attached hydrogens (tertiary/aromatic N) is 2. The van der Waals surface area contributed by atoms with Gasteiger partial charge in [-0.25, -0.2) is 18.2 Å². The fraction of sp³-hybridized carbons (Fsp3) is 0.412. The Balaban J connectivity index is 1.56.